The molecule has 0 spiro atoms. The van der Waals surface area contributed by atoms with Gasteiger partial charge in [0.2, 0.25) is 0 Å². The van der Waals surface area contributed by atoms with E-state index in [2.05, 4.69) is 5.32 Å². The van der Waals surface area contributed by atoms with Crippen LogP contribution in [-0.2, 0) is 14.3 Å². The molecular formula is C11H18N2O6. The van der Waals surface area contributed by atoms with E-state index in [-0.39, 0.29) is 0 Å². The summed E-state index contributed by atoms with van der Waals surface area (Å²) in [6.07, 6.45) is -0.658. The van der Waals surface area contributed by atoms with Crippen molar-refractivity contribution >= 4 is 18.0 Å². The van der Waals surface area contributed by atoms with Gasteiger partial charge in [0.05, 0.1) is 25.2 Å². The molecule has 1 aliphatic rings. The maximum absolute atomic E-state index is 11.9. The molecule has 0 bridgehead atoms. The van der Waals surface area contributed by atoms with E-state index in [0.29, 0.717) is 19.7 Å². The SMILES string of the molecule is CC1(C)CN(C(=O)N[C@H](CC(=O)O)C(=O)O)CCO1. The first-order valence-corrected chi connectivity index (χ1v) is 5.85. The number of rotatable bonds is 4. The first-order chi connectivity index (χ1) is 8.71. The Hall–Kier alpha value is -1.83. The minimum Gasteiger partial charge on any atom is -0.481 e. The Labute approximate surface area is 110 Å². The number of carbonyl (C=O) groups is 3. The number of amides is 2. The van der Waals surface area contributed by atoms with E-state index in [9.17, 15) is 14.4 Å². The Kier molecular flexibility index (Phi) is 4.71. The number of carboxylic acid groups (broad SMARTS) is 2. The number of nitrogens with one attached hydrogen (secondary N) is 1. The number of aliphatic carboxylic acids is 2. The van der Waals surface area contributed by atoms with Crippen LogP contribution in [0.3, 0.4) is 0 Å². The van der Waals surface area contributed by atoms with Crippen molar-refractivity contribution in [3.63, 3.8) is 0 Å². The first-order valence-electron chi connectivity index (χ1n) is 5.85. The molecule has 0 unspecified atom stereocenters. The third-order valence-electron chi connectivity index (χ3n) is 2.69. The van der Waals surface area contributed by atoms with Crippen molar-refractivity contribution < 1.29 is 29.3 Å². The number of carboxylic acids is 2. The Balaban J connectivity index is 2.61. The number of urea groups is 1. The van der Waals surface area contributed by atoms with Gasteiger partial charge in [-0.05, 0) is 13.8 Å². The van der Waals surface area contributed by atoms with Crippen molar-refractivity contribution in [2.75, 3.05) is 19.7 Å². The fourth-order valence-corrected chi connectivity index (χ4v) is 1.80. The Morgan fingerprint density at radius 2 is 2.00 bits per heavy atom. The number of hydrogen-bond acceptors (Lipinski definition) is 4. The molecule has 1 aliphatic heterocycles. The quantitative estimate of drug-likeness (QED) is 0.650. The third-order valence-corrected chi connectivity index (χ3v) is 2.69. The number of nitrogens with zero attached hydrogens (tertiary/aromatic N) is 1. The summed E-state index contributed by atoms with van der Waals surface area (Å²) in [5, 5.41) is 19.6. The number of ether oxygens (including phenoxy) is 1. The Bertz CT molecular complexity index is 381. The largest absolute Gasteiger partial charge is 0.481 e. The molecule has 1 fully saturated rings. The van der Waals surface area contributed by atoms with Gasteiger partial charge in [-0.3, -0.25) is 4.79 Å². The molecule has 0 radical (unpaired) electrons. The molecule has 0 aliphatic carbocycles. The Morgan fingerprint density at radius 3 is 2.47 bits per heavy atom. The van der Waals surface area contributed by atoms with Crippen molar-refractivity contribution in [1.29, 1.82) is 0 Å². The lowest BCUT2D eigenvalue weighted by molar-refractivity contribution is -0.145. The molecule has 19 heavy (non-hydrogen) atoms. The van der Waals surface area contributed by atoms with Crippen LogP contribution in [0.15, 0.2) is 0 Å². The van der Waals surface area contributed by atoms with Gasteiger partial charge in [0.25, 0.3) is 0 Å². The molecule has 8 nitrogen and oxygen atoms in total. The summed E-state index contributed by atoms with van der Waals surface area (Å²) in [7, 11) is 0. The lowest BCUT2D eigenvalue weighted by Gasteiger charge is -2.38. The highest BCUT2D eigenvalue weighted by Crippen LogP contribution is 2.16. The minimum absolute atomic E-state index is 0.318. The lowest BCUT2D eigenvalue weighted by atomic mass is 10.1. The molecule has 108 valence electrons. The van der Waals surface area contributed by atoms with Crippen molar-refractivity contribution in [3.8, 4) is 0 Å². The smallest absolute Gasteiger partial charge is 0.326 e. The highest BCUT2D eigenvalue weighted by atomic mass is 16.5. The molecule has 0 saturated carbocycles. The molecule has 0 aromatic rings. The zero-order chi connectivity index (χ0) is 14.6. The van der Waals surface area contributed by atoms with E-state index in [1.54, 1.807) is 0 Å². The van der Waals surface area contributed by atoms with Crippen molar-refractivity contribution in [1.82, 2.24) is 10.2 Å². The summed E-state index contributed by atoms with van der Waals surface area (Å²) in [5.74, 6) is -2.65. The maximum atomic E-state index is 11.9. The molecule has 3 N–H and O–H groups in total. The van der Waals surface area contributed by atoms with E-state index in [4.69, 9.17) is 14.9 Å². The van der Waals surface area contributed by atoms with Gasteiger partial charge in [-0.25, -0.2) is 9.59 Å². The topological polar surface area (TPSA) is 116 Å². The Morgan fingerprint density at radius 1 is 1.37 bits per heavy atom. The van der Waals surface area contributed by atoms with Crippen LogP contribution in [0.25, 0.3) is 0 Å². The molecule has 0 aromatic carbocycles. The molecule has 1 heterocycles. The van der Waals surface area contributed by atoms with E-state index < -0.39 is 36.0 Å². The molecular weight excluding hydrogens is 256 g/mol. The number of morpholine rings is 1. The highest BCUT2D eigenvalue weighted by Gasteiger charge is 2.32. The highest BCUT2D eigenvalue weighted by molar-refractivity contribution is 5.86. The van der Waals surface area contributed by atoms with Crippen LogP contribution in [0, 0.1) is 0 Å². The summed E-state index contributed by atoms with van der Waals surface area (Å²) >= 11 is 0. The third kappa shape index (κ3) is 4.74. The summed E-state index contributed by atoms with van der Waals surface area (Å²) in [6.45, 7) is 4.65. The van der Waals surface area contributed by atoms with Crippen LogP contribution in [0.4, 0.5) is 4.79 Å². The minimum atomic E-state index is -1.43. The average molecular weight is 274 g/mol. The van der Waals surface area contributed by atoms with Crippen LogP contribution in [-0.4, -0.2) is 64.4 Å². The normalized spacial score (nSPS) is 19.6. The summed E-state index contributed by atoms with van der Waals surface area (Å²) in [5.41, 5.74) is -0.499. The molecule has 1 rings (SSSR count). The average Bonchev–Trinajstić information content (AvgIpc) is 2.25. The fourth-order valence-electron chi connectivity index (χ4n) is 1.80. The zero-order valence-corrected chi connectivity index (χ0v) is 10.9. The number of carbonyl (C=O) groups excluding carboxylic acids is 1. The second kappa shape index (κ2) is 5.87. The predicted octanol–water partition coefficient (Wildman–Crippen LogP) is -0.265. The van der Waals surface area contributed by atoms with Gasteiger partial charge in [0, 0.05) is 6.54 Å². The summed E-state index contributed by atoms with van der Waals surface area (Å²) in [6, 6.07) is -2.03. The second-order valence-corrected chi connectivity index (χ2v) is 4.97. The van der Waals surface area contributed by atoms with Crippen molar-refractivity contribution in [2.24, 2.45) is 0 Å². The molecule has 2 amide bonds. The molecule has 1 atom stereocenters. The molecule has 0 aromatic heterocycles. The standard InChI is InChI=1S/C11H18N2O6/c1-11(2)6-13(3-4-19-11)10(18)12-7(9(16)17)5-8(14)15/h7H,3-6H2,1-2H3,(H,12,18)(H,14,15)(H,16,17)/t7-/m1/s1. The molecule has 1 saturated heterocycles. The van der Waals surface area contributed by atoms with Gasteiger partial charge in [0.1, 0.15) is 6.04 Å². The van der Waals surface area contributed by atoms with E-state index >= 15 is 0 Å². The van der Waals surface area contributed by atoms with Crippen molar-refractivity contribution in [3.05, 3.63) is 0 Å². The van der Waals surface area contributed by atoms with Crippen LogP contribution in [0.1, 0.15) is 20.3 Å². The predicted molar refractivity (Wildman–Crippen MR) is 63.8 cm³/mol. The maximum Gasteiger partial charge on any atom is 0.326 e. The van der Waals surface area contributed by atoms with E-state index in [0.717, 1.165) is 0 Å². The number of hydrogen-bond donors (Lipinski definition) is 3. The monoisotopic (exact) mass is 274 g/mol. The van der Waals surface area contributed by atoms with Gasteiger partial charge in [-0.1, -0.05) is 0 Å². The van der Waals surface area contributed by atoms with E-state index in [1.165, 1.54) is 4.90 Å². The van der Waals surface area contributed by atoms with Gasteiger partial charge >= 0.3 is 18.0 Å². The van der Waals surface area contributed by atoms with Crippen LogP contribution >= 0.6 is 0 Å². The summed E-state index contributed by atoms with van der Waals surface area (Å²) < 4.78 is 5.43. The first kappa shape index (κ1) is 15.2. The van der Waals surface area contributed by atoms with Gasteiger partial charge in [-0.15, -0.1) is 0 Å². The van der Waals surface area contributed by atoms with Crippen LogP contribution in [0.2, 0.25) is 0 Å². The lowest BCUT2D eigenvalue weighted by Crippen LogP contribution is -2.56. The van der Waals surface area contributed by atoms with Gasteiger partial charge in [-0.2, -0.15) is 0 Å². The van der Waals surface area contributed by atoms with Gasteiger partial charge < -0.3 is 25.2 Å². The van der Waals surface area contributed by atoms with Crippen molar-refractivity contribution in [2.45, 2.75) is 31.9 Å². The van der Waals surface area contributed by atoms with Gasteiger partial charge in [0.15, 0.2) is 0 Å². The van der Waals surface area contributed by atoms with Crippen LogP contribution in [0.5, 0.6) is 0 Å². The van der Waals surface area contributed by atoms with E-state index in [1.807, 2.05) is 13.8 Å². The molecule has 8 heteroatoms. The second-order valence-electron chi connectivity index (χ2n) is 4.97. The summed E-state index contributed by atoms with van der Waals surface area (Å²) in [4.78, 5) is 34.7. The fraction of sp³-hybridized carbons (Fsp3) is 0.727. The van der Waals surface area contributed by atoms with Crippen LogP contribution < -0.4 is 5.32 Å². The zero-order valence-electron chi connectivity index (χ0n) is 10.9.